The number of nitrogens with zero attached hydrogens (tertiary/aromatic N) is 1. The summed E-state index contributed by atoms with van der Waals surface area (Å²) in [5.41, 5.74) is 3.03. The fraction of sp³-hybridized carbons (Fsp3) is 0.222. The molecular formula is C9H11ClN2S2. The summed E-state index contributed by atoms with van der Waals surface area (Å²) in [6, 6.07) is 3.87. The summed E-state index contributed by atoms with van der Waals surface area (Å²) >= 11 is 12.3. The molecule has 0 bridgehead atoms. The highest BCUT2D eigenvalue weighted by atomic mass is 35.5. The number of aromatic nitrogens is 1. The molecule has 0 aromatic carbocycles. The zero-order chi connectivity index (χ0) is 10.4. The van der Waals surface area contributed by atoms with Crippen LogP contribution in [-0.2, 0) is 0 Å². The first-order valence-corrected chi connectivity index (χ1v) is 5.84. The van der Waals surface area contributed by atoms with Gasteiger partial charge in [0.1, 0.15) is 0 Å². The number of nitrogens with one attached hydrogen (secondary N) is 1. The number of allylic oxidation sites excluding steroid dienone is 1. The molecule has 1 aromatic heterocycles. The van der Waals surface area contributed by atoms with Gasteiger partial charge in [0.2, 0.25) is 0 Å². The molecule has 0 atom stereocenters. The number of hydrogen-bond donors (Lipinski definition) is 1. The highest BCUT2D eigenvalue weighted by Crippen LogP contribution is 2.07. The van der Waals surface area contributed by atoms with Crippen LogP contribution < -0.4 is 5.43 Å². The Balaban J connectivity index is 2.27. The van der Waals surface area contributed by atoms with E-state index in [1.165, 1.54) is 0 Å². The van der Waals surface area contributed by atoms with E-state index in [2.05, 4.69) is 5.43 Å². The van der Waals surface area contributed by atoms with E-state index in [9.17, 15) is 0 Å². The smallest absolute Gasteiger partial charge is 0.153 e. The van der Waals surface area contributed by atoms with Crippen molar-refractivity contribution in [1.29, 1.82) is 0 Å². The maximum absolute atomic E-state index is 5.68. The second kappa shape index (κ2) is 6.11. The molecule has 0 saturated heterocycles. The predicted molar refractivity (Wildman–Crippen MR) is 68.5 cm³/mol. The SMILES string of the molecule is CC(Cl)=CCSC(=S)Nn1cccc1. The second-order valence-corrected chi connectivity index (χ2v) is 4.88. The lowest BCUT2D eigenvalue weighted by Gasteiger charge is -2.06. The fourth-order valence-corrected chi connectivity index (χ4v) is 1.91. The molecule has 0 saturated carbocycles. The summed E-state index contributed by atoms with van der Waals surface area (Å²) in [6.45, 7) is 1.85. The molecular weight excluding hydrogens is 236 g/mol. The van der Waals surface area contributed by atoms with Gasteiger partial charge < -0.3 is 0 Å². The first kappa shape index (κ1) is 11.6. The molecule has 0 spiro atoms. The third-order valence-electron chi connectivity index (χ3n) is 1.40. The molecule has 0 amide bonds. The lowest BCUT2D eigenvalue weighted by Crippen LogP contribution is -2.16. The molecule has 0 aliphatic carbocycles. The summed E-state index contributed by atoms with van der Waals surface area (Å²) in [4.78, 5) is 0. The van der Waals surface area contributed by atoms with Crippen LogP contribution in [0.1, 0.15) is 6.92 Å². The van der Waals surface area contributed by atoms with Gasteiger partial charge in [0.15, 0.2) is 4.32 Å². The molecule has 0 aliphatic rings. The fourth-order valence-electron chi connectivity index (χ4n) is 0.779. The van der Waals surface area contributed by atoms with Gasteiger partial charge in [-0.2, -0.15) is 0 Å². The van der Waals surface area contributed by atoms with Crippen LogP contribution in [0.15, 0.2) is 35.6 Å². The van der Waals surface area contributed by atoms with E-state index >= 15 is 0 Å². The predicted octanol–water partition coefficient (Wildman–Crippen LogP) is 3.19. The van der Waals surface area contributed by atoms with Crippen molar-refractivity contribution < 1.29 is 0 Å². The van der Waals surface area contributed by atoms with Crippen LogP contribution in [0.2, 0.25) is 0 Å². The average molecular weight is 247 g/mol. The highest BCUT2D eigenvalue weighted by molar-refractivity contribution is 8.23. The molecule has 0 aliphatic heterocycles. The second-order valence-electron chi connectivity index (χ2n) is 2.59. The Bertz CT molecular complexity index is 316. The van der Waals surface area contributed by atoms with E-state index in [4.69, 9.17) is 23.8 Å². The Morgan fingerprint density at radius 2 is 2.21 bits per heavy atom. The summed E-state index contributed by atoms with van der Waals surface area (Å²) in [5.74, 6) is 0.794. The van der Waals surface area contributed by atoms with Crippen molar-refractivity contribution in [2.75, 3.05) is 11.2 Å². The topological polar surface area (TPSA) is 17.0 Å². The first-order valence-electron chi connectivity index (χ1n) is 4.07. The van der Waals surface area contributed by atoms with Crippen LogP contribution in [-0.4, -0.2) is 14.7 Å². The van der Waals surface area contributed by atoms with Crippen molar-refractivity contribution in [1.82, 2.24) is 4.68 Å². The Morgan fingerprint density at radius 3 is 2.79 bits per heavy atom. The molecule has 76 valence electrons. The molecule has 1 heterocycles. The number of thioether (sulfide) groups is 1. The number of thiocarbonyl (C=S) groups is 1. The van der Waals surface area contributed by atoms with Gasteiger partial charge in [0.05, 0.1) is 0 Å². The molecule has 0 unspecified atom stereocenters. The van der Waals surface area contributed by atoms with E-state index in [0.29, 0.717) is 0 Å². The van der Waals surface area contributed by atoms with Gasteiger partial charge in [0.25, 0.3) is 0 Å². The quantitative estimate of drug-likeness (QED) is 0.826. The lowest BCUT2D eigenvalue weighted by molar-refractivity contribution is 1.00. The summed E-state index contributed by atoms with van der Waals surface area (Å²) in [5, 5.41) is 0.793. The maximum Gasteiger partial charge on any atom is 0.153 e. The third-order valence-corrected chi connectivity index (χ3v) is 2.69. The van der Waals surface area contributed by atoms with Gasteiger partial charge in [-0.05, 0) is 19.1 Å². The van der Waals surface area contributed by atoms with Crippen LogP contribution in [0.25, 0.3) is 0 Å². The normalized spacial score (nSPS) is 11.4. The van der Waals surface area contributed by atoms with E-state index < -0.39 is 0 Å². The minimum absolute atomic E-state index is 0.732. The van der Waals surface area contributed by atoms with Gasteiger partial charge >= 0.3 is 0 Å². The Kier molecular flexibility index (Phi) is 5.07. The minimum atomic E-state index is 0.732. The monoisotopic (exact) mass is 246 g/mol. The van der Waals surface area contributed by atoms with Gasteiger partial charge in [0, 0.05) is 23.2 Å². The molecule has 1 aromatic rings. The van der Waals surface area contributed by atoms with Crippen LogP contribution in [0.4, 0.5) is 0 Å². The first-order chi connectivity index (χ1) is 6.68. The molecule has 5 heteroatoms. The Morgan fingerprint density at radius 1 is 1.57 bits per heavy atom. The van der Waals surface area contributed by atoms with Gasteiger partial charge in [-0.3, -0.25) is 10.1 Å². The van der Waals surface area contributed by atoms with Crippen LogP contribution in [0.3, 0.4) is 0 Å². The zero-order valence-corrected chi connectivity index (χ0v) is 10.1. The maximum atomic E-state index is 5.68. The Labute approximate surface area is 98.3 Å². The van der Waals surface area contributed by atoms with Crippen molar-refractivity contribution in [3.63, 3.8) is 0 Å². The minimum Gasteiger partial charge on any atom is -0.279 e. The van der Waals surface area contributed by atoms with E-state index in [1.54, 1.807) is 11.8 Å². The van der Waals surface area contributed by atoms with Gasteiger partial charge in [-0.1, -0.05) is 41.7 Å². The molecule has 0 radical (unpaired) electrons. The molecule has 0 fully saturated rings. The van der Waals surface area contributed by atoms with Crippen LogP contribution in [0, 0.1) is 0 Å². The Hall–Kier alpha value is -0.450. The lowest BCUT2D eigenvalue weighted by atomic mass is 10.6. The van der Waals surface area contributed by atoms with E-state index in [1.807, 2.05) is 42.2 Å². The van der Waals surface area contributed by atoms with Gasteiger partial charge in [-0.25, -0.2) is 0 Å². The summed E-state index contributed by atoms with van der Waals surface area (Å²) in [7, 11) is 0. The van der Waals surface area contributed by atoms with Crippen LogP contribution >= 0.6 is 35.6 Å². The number of hydrogen-bond acceptors (Lipinski definition) is 2. The number of halogens is 1. The summed E-state index contributed by atoms with van der Waals surface area (Å²) in [6.07, 6.45) is 5.72. The van der Waals surface area contributed by atoms with E-state index in [0.717, 1.165) is 15.1 Å². The van der Waals surface area contributed by atoms with Crippen molar-refractivity contribution in [2.24, 2.45) is 0 Å². The summed E-state index contributed by atoms with van der Waals surface area (Å²) < 4.78 is 2.54. The molecule has 14 heavy (non-hydrogen) atoms. The standard InChI is InChI=1S/C9H11ClN2S2/c1-8(10)4-7-14-9(13)11-12-5-2-3-6-12/h2-6H,7H2,1H3,(H,11,13). The van der Waals surface area contributed by atoms with Gasteiger partial charge in [-0.15, -0.1) is 0 Å². The largest absolute Gasteiger partial charge is 0.279 e. The van der Waals surface area contributed by atoms with E-state index in [-0.39, 0.29) is 0 Å². The van der Waals surface area contributed by atoms with Crippen molar-refractivity contribution >= 4 is 39.9 Å². The van der Waals surface area contributed by atoms with Crippen molar-refractivity contribution in [3.8, 4) is 0 Å². The molecule has 2 nitrogen and oxygen atoms in total. The van der Waals surface area contributed by atoms with Crippen LogP contribution in [0.5, 0.6) is 0 Å². The third kappa shape index (κ3) is 4.69. The average Bonchev–Trinajstić information content (AvgIpc) is 2.56. The zero-order valence-electron chi connectivity index (χ0n) is 7.74. The van der Waals surface area contributed by atoms with Crippen molar-refractivity contribution in [2.45, 2.75) is 6.92 Å². The van der Waals surface area contributed by atoms with Crippen molar-refractivity contribution in [3.05, 3.63) is 35.6 Å². The molecule has 1 rings (SSSR count). The number of rotatable bonds is 3. The molecule has 1 N–H and O–H groups in total. The highest BCUT2D eigenvalue weighted by Gasteiger charge is 1.95.